The van der Waals surface area contributed by atoms with Gasteiger partial charge >= 0.3 is 11.9 Å². The molecule has 1 aromatic carbocycles. The van der Waals surface area contributed by atoms with Crippen LogP contribution in [-0.2, 0) is 19.6 Å². The summed E-state index contributed by atoms with van der Waals surface area (Å²) in [6, 6.07) is 4.51. The Labute approximate surface area is 159 Å². The molecule has 1 fully saturated rings. The fourth-order valence-corrected chi connectivity index (χ4v) is 5.08. The largest absolute Gasteiger partial charge is 0.480 e. The predicted molar refractivity (Wildman–Crippen MR) is 99.2 cm³/mol. The number of hydrogen-bond donors (Lipinski definition) is 1. The quantitative estimate of drug-likeness (QED) is 0.721. The van der Waals surface area contributed by atoms with E-state index in [1.807, 2.05) is 0 Å². The Morgan fingerprint density at radius 1 is 1.30 bits per heavy atom. The molecule has 1 N–H and O–H groups in total. The van der Waals surface area contributed by atoms with E-state index in [0.29, 0.717) is 31.5 Å². The zero-order chi connectivity index (χ0) is 20.2. The van der Waals surface area contributed by atoms with Crippen molar-refractivity contribution in [2.75, 3.05) is 33.8 Å². The van der Waals surface area contributed by atoms with Crippen LogP contribution >= 0.6 is 0 Å². The maximum absolute atomic E-state index is 13.1. The van der Waals surface area contributed by atoms with Gasteiger partial charge in [0.05, 0.1) is 24.1 Å². The Hall–Kier alpha value is -1.97. The molecular formula is C18H26N2O6S. The summed E-state index contributed by atoms with van der Waals surface area (Å²) in [5, 5.41) is 8.95. The third-order valence-corrected chi connectivity index (χ3v) is 6.93. The number of sulfonamides is 1. The monoisotopic (exact) mass is 398 g/mol. The van der Waals surface area contributed by atoms with Crippen LogP contribution in [0.25, 0.3) is 0 Å². The van der Waals surface area contributed by atoms with Gasteiger partial charge in [0, 0.05) is 19.1 Å². The first kappa shape index (κ1) is 21.3. The molecular weight excluding hydrogens is 372 g/mol. The highest BCUT2D eigenvalue weighted by Gasteiger charge is 2.30. The highest BCUT2D eigenvalue weighted by atomic mass is 32.2. The number of likely N-dealkylation sites (N-methyl/N-ethyl adjacent to an activating group) is 1. The van der Waals surface area contributed by atoms with Gasteiger partial charge in [-0.15, -0.1) is 0 Å². The molecule has 1 aliphatic heterocycles. The molecule has 0 radical (unpaired) electrons. The normalized spacial score (nSPS) is 18.9. The van der Waals surface area contributed by atoms with Crippen molar-refractivity contribution in [3.8, 4) is 0 Å². The zero-order valence-electron chi connectivity index (χ0n) is 15.8. The first-order chi connectivity index (χ1) is 12.7. The third kappa shape index (κ3) is 5.06. The maximum Gasteiger partial charge on any atom is 0.337 e. The summed E-state index contributed by atoms with van der Waals surface area (Å²) in [5.41, 5.74) is 0.752. The van der Waals surface area contributed by atoms with E-state index >= 15 is 0 Å². The van der Waals surface area contributed by atoms with Crippen molar-refractivity contribution in [3.05, 3.63) is 29.3 Å². The van der Waals surface area contributed by atoms with Crippen LogP contribution in [0.5, 0.6) is 0 Å². The van der Waals surface area contributed by atoms with E-state index in [0.717, 1.165) is 6.42 Å². The Morgan fingerprint density at radius 2 is 2.00 bits per heavy atom. The van der Waals surface area contributed by atoms with Crippen molar-refractivity contribution in [1.82, 2.24) is 9.21 Å². The second kappa shape index (κ2) is 8.81. The number of aryl methyl sites for hydroxylation is 1. The Balaban J connectivity index is 2.22. The zero-order valence-corrected chi connectivity index (χ0v) is 16.7. The Kier molecular flexibility index (Phi) is 6.96. The van der Waals surface area contributed by atoms with Gasteiger partial charge in [-0.05, 0) is 50.9 Å². The van der Waals surface area contributed by atoms with Crippen LogP contribution in [0.3, 0.4) is 0 Å². The SMILES string of the molecule is COC(=O)c1ccc(C)c(S(=O)(=O)N2CCCC(N(C)CC(=O)O)CC2)c1. The lowest BCUT2D eigenvalue weighted by Gasteiger charge is -2.25. The molecule has 1 unspecified atom stereocenters. The lowest BCUT2D eigenvalue weighted by molar-refractivity contribution is -0.138. The van der Waals surface area contributed by atoms with Gasteiger partial charge in [-0.3, -0.25) is 9.69 Å². The summed E-state index contributed by atoms with van der Waals surface area (Å²) < 4.78 is 32.4. The smallest absolute Gasteiger partial charge is 0.337 e. The average molecular weight is 398 g/mol. The number of carboxylic acid groups (broad SMARTS) is 1. The van der Waals surface area contributed by atoms with Crippen molar-refractivity contribution in [1.29, 1.82) is 0 Å². The van der Waals surface area contributed by atoms with Crippen LogP contribution < -0.4 is 0 Å². The molecule has 8 nitrogen and oxygen atoms in total. The van der Waals surface area contributed by atoms with E-state index in [1.165, 1.54) is 17.5 Å². The number of aliphatic carboxylic acids is 1. The summed E-state index contributed by atoms with van der Waals surface area (Å²) >= 11 is 0. The summed E-state index contributed by atoms with van der Waals surface area (Å²) in [7, 11) is -0.770. The molecule has 2 rings (SSSR count). The lowest BCUT2D eigenvalue weighted by Crippen LogP contribution is -2.37. The van der Waals surface area contributed by atoms with Crippen LogP contribution in [0.2, 0.25) is 0 Å². The lowest BCUT2D eigenvalue weighted by atomic mass is 10.1. The number of benzene rings is 1. The Bertz CT molecular complexity index is 808. The highest BCUT2D eigenvalue weighted by molar-refractivity contribution is 7.89. The minimum absolute atomic E-state index is 0.0174. The summed E-state index contributed by atoms with van der Waals surface area (Å²) in [6.07, 6.45) is 1.93. The summed E-state index contributed by atoms with van der Waals surface area (Å²) in [5.74, 6) is -1.49. The highest BCUT2D eigenvalue weighted by Crippen LogP contribution is 2.25. The van der Waals surface area contributed by atoms with Crippen molar-refractivity contribution in [2.24, 2.45) is 0 Å². The standard InChI is InChI=1S/C18H26N2O6S/c1-13-6-7-14(18(23)26-3)11-16(13)27(24,25)20-9-4-5-15(8-10-20)19(2)12-17(21)22/h6-7,11,15H,4-5,8-10,12H2,1-3H3,(H,21,22). The van der Waals surface area contributed by atoms with Crippen molar-refractivity contribution in [2.45, 2.75) is 37.1 Å². The molecule has 1 heterocycles. The molecule has 0 bridgehead atoms. The van der Waals surface area contributed by atoms with E-state index in [-0.39, 0.29) is 23.0 Å². The third-order valence-electron chi connectivity index (χ3n) is 4.89. The van der Waals surface area contributed by atoms with E-state index in [2.05, 4.69) is 4.74 Å². The molecule has 0 amide bonds. The van der Waals surface area contributed by atoms with E-state index in [9.17, 15) is 18.0 Å². The van der Waals surface area contributed by atoms with Crippen LogP contribution in [0.4, 0.5) is 0 Å². The number of carboxylic acids is 1. The number of esters is 1. The van der Waals surface area contributed by atoms with Gasteiger partial charge in [-0.2, -0.15) is 4.31 Å². The molecule has 0 aromatic heterocycles. The average Bonchev–Trinajstić information content (AvgIpc) is 2.87. The van der Waals surface area contributed by atoms with E-state index < -0.39 is 22.0 Å². The van der Waals surface area contributed by atoms with Gasteiger partial charge in [0.15, 0.2) is 0 Å². The van der Waals surface area contributed by atoms with Crippen molar-refractivity contribution in [3.63, 3.8) is 0 Å². The van der Waals surface area contributed by atoms with Crippen LogP contribution in [0, 0.1) is 6.92 Å². The second-order valence-electron chi connectivity index (χ2n) is 6.77. The molecule has 0 aliphatic carbocycles. The topological polar surface area (TPSA) is 104 Å². The minimum Gasteiger partial charge on any atom is -0.480 e. The summed E-state index contributed by atoms with van der Waals surface area (Å²) in [6.45, 7) is 2.29. The number of nitrogens with zero attached hydrogens (tertiary/aromatic N) is 2. The van der Waals surface area contributed by atoms with Gasteiger partial charge < -0.3 is 9.84 Å². The minimum atomic E-state index is -3.76. The van der Waals surface area contributed by atoms with Crippen LogP contribution in [0.15, 0.2) is 23.1 Å². The summed E-state index contributed by atoms with van der Waals surface area (Å²) in [4.78, 5) is 24.5. The number of carbonyl (C=O) groups excluding carboxylic acids is 1. The maximum atomic E-state index is 13.1. The van der Waals surface area contributed by atoms with Gasteiger partial charge in [-0.25, -0.2) is 13.2 Å². The van der Waals surface area contributed by atoms with E-state index in [4.69, 9.17) is 5.11 Å². The van der Waals surface area contributed by atoms with Crippen LogP contribution in [-0.4, -0.2) is 74.5 Å². The van der Waals surface area contributed by atoms with E-state index in [1.54, 1.807) is 31.0 Å². The molecule has 0 saturated carbocycles. The predicted octanol–water partition coefficient (Wildman–Crippen LogP) is 1.34. The van der Waals surface area contributed by atoms with Gasteiger partial charge in [0.1, 0.15) is 0 Å². The number of hydrogen-bond acceptors (Lipinski definition) is 6. The van der Waals surface area contributed by atoms with Gasteiger partial charge in [0.2, 0.25) is 10.0 Å². The molecule has 9 heteroatoms. The first-order valence-corrected chi connectivity index (χ1v) is 10.2. The molecule has 1 aliphatic rings. The fourth-order valence-electron chi connectivity index (χ4n) is 3.34. The Morgan fingerprint density at radius 3 is 2.63 bits per heavy atom. The molecule has 150 valence electrons. The number of methoxy groups -OCH3 is 1. The first-order valence-electron chi connectivity index (χ1n) is 8.78. The number of ether oxygens (including phenoxy) is 1. The molecule has 27 heavy (non-hydrogen) atoms. The molecule has 1 saturated heterocycles. The fraction of sp³-hybridized carbons (Fsp3) is 0.556. The molecule has 0 spiro atoms. The van der Waals surface area contributed by atoms with Gasteiger partial charge in [0.25, 0.3) is 0 Å². The number of carbonyl (C=O) groups is 2. The van der Waals surface area contributed by atoms with Gasteiger partial charge in [-0.1, -0.05) is 6.07 Å². The molecule has 1 aromatic rings. The van der Waals surface area contributed by atoms with Crippen molar-refractivity contribution < 1.29 is 27.9 Å². The second-order valence-corrected chi connectivity index (χ2v) is 8.68. The molecule has 1 atom stereocenters. The number of rotatable bonds is 6. The van der Waals surface area contributed by atoms with Crippen LogP contribution in [0.1, 0.15) is 35.2 Å². The van der Waals surface area contributed by atoms with Crippen molar-refractivity contribution >= 4 is 22.0 Å².